The number of nitrogens with zero attached hydrogens (tertiary/aromatic N) is 3. The van der Waals surface area contributed by atoms with Crippen LogP contribution < -0.4 is 5.69 Å². The van der Waals surface area contributed by atoms with Crippen molar-refractivity contribution in [1.82, 2.24) is 9.55 Å². The first-order chi connectivity index (χ1) is 6.27. The van der Waals surface area contributed by atoms with Gasteiger partial charge in [-0.2, -0.15) is 4.98 Å². The summed E-state index contributed by atoms with van der Waals surface area (Å²) >= 11 is 0. The van der Waals surface area contributed by atoms with E-state index in [1.54, 1.807) is 0 Å². The van der Waals surface area contributed by atoms with E-state index < -0.39 is 5.69 Å². The van der Waals surface area contributed by atoms with E-state index in [4.69, 9.17) is 10.3 Å². The van der Waals surface area contributed by atoms with Crippen molar-refractivity contribution in [3.63, 3.8) is 0 Å². The van der Waals surface area contributed by atoms with Crippen LogP contribution in [0.25, 0.3) is 0 Å². The number of aliphatic hydroxyl groups excluding tert-OH is 1. The lowest BCUT2D eigenvalue weighted by Crippen LogP contribution is -2.24. The predicted octanol–water partition coefficient (Wildman–Crippen LogP) is -0.956. The van der Waals surface area contributed by atoms with Crippen molar-refractivity contribution in [2.45, 2.75) is 6.54 Å². The van der Waals surface area contributed by atoms with Crippen LogP contribution in [0.2, 0.25) is 0 Å². The smallest absolute Gasteiger partial charge is 0.348 e. The number of aromatic nitrogens is 2. The van der Waals surface area contributed by atoms with Gasteiger partial charge in [0.1, 0.15) is 0 Å². The van der Waals surface area contributed by atoms with Gasteiger partial charge in [-0.05, 0) is 6.07 Å². The Labute approximate surface area is 73.8 Å². The summed E-state index contributed by atoms with van der Waals surface area (Å²) in [7, 11) is 0. The van der Waals surface area contributed by atoms with E-state index in [-0.39, 0.29) is 18.8 Å². The molecule has 1 aromatic rings. The maximum atomic E-state index is 11.1. The molecule has 0 fully saturated rings. The predicted molar refractivity (Wildman–Crippen MR) is 45.0 cm³/mol. The first kappa shape index (κ1) is 9.40. The first-order valence-electron chi connectivity index (χ1n) is 3.63. The molecule has 0 aromatic carbocycles. The SMILES string of the molecule is O=c1nc(/C=N/O)ccn1CCO. The first-order valence-corrected chi connectivity index (χ1v) is 3.63. The Morgan fingerprint density at radius 3 is 3.00 bits per heavy atom. The molecule has 6 heteroatoms. The third-order valence-corrected chi connectivity index (χ3v) is 1.43. The summed E-state index contributed by atoms with van der Waals surface area (Å²) < 4.78 is 1.26. The molecule has 0 amide bonds. The molecule has 0 atom stereocenters. The van der Waals surface area contributed by atoms with E-state index in [1.807, 2.05) is 0 Å². The highest BCUT2D eigenvalue weighted by molar-refractivity contribution is 5.75. The molecular formula is C7H9N3O3. The van der Waals surface area contributed by atoms with Crippen molar-refractivity contribution in [2.24, 2.45) is 5.16 Å². The van der Waals surface area contributed by atoms with Crippen molar-refractivity contribution >= 4 is 6.21 Å². The third-order valence-electron chi connectivity index (χ3n) is 1.43. The second-order valence-corrected chi connectivity index (χ2v) is 2.30. The minimum Gasteiger partial charge on any atom is -0.411 e. The number of hydrogen-bond donors (Lipinski definition) is 2. The third kappa shape index (κ3) is 2.38. The minimum atomic E-state index is -0.480. The highest BCUT2D eigenvalue weighted by atomic mass is 16.4. The van der Waals surface area contributed by atoms with E-state index in [2.05, 4.69) is 10.1 Å². The van der Waals surface area contributed by atoms with Crippen LogP contribution in [0.15, 0.2) is 22.2 Å². The molecular weight excluding hydrogens is 174 g/mol. The van der Waals surface area contributed by atoms with Crippen LogP contribution in [0.1, 0.15) is 5.69 Å². The molecule has 0 aliphatic rings. The molecule has 1 aromatic heterocycles. The van der Waals surface area contributed by atoms with Gasteiger partial charge in [-0.25, -0.2) is 4.79 Å². The summed E-state index contributed by atoms with van der Waals surface area (Å²) in [6.07, 6.45) is 2.53. The highest BCUT2D eigenvalue weighted by Crippen LogP contribution is 1.85. The lowest BCUT2D eigenvalue weighted by molar-refractivity contribution is 0.273. The quantitative estimate of drug-likeness (QED) is 0.359. The van der Waals surface area contributed by atoms with Crippen LogP contribution in [0, 0.1) is 0 Å². The number of oxime groups is 1. The van der Waals surface area contributed by atoms with Gasteiger partial charge in [0.05, 0.1) is 25.1 Å². The van der Waals surface area contributed by atoms with Gasteiger partial charge >= 0.3 is 5.69 Å². The van der Waals surface area contributed by atoms with Gasteiger partial charge in [0.25, 0.3) is 0 Å². The summed E-state index contributed by atoms with van der Waals surface area (Å²) in [6.45, 7) is 0.0946. The Hall–Kier alpha value is -1.69. The maximum Gasteiger partial charge on any atom is 0.348 e. The second kappa shape index (κ2) is 4.36. The standard InChI is InChI=1S/C7H9N3O3/c11-4-3-10-2-1-6(5-8-13)9-7(10)12/h1-2,5,11,13H,3-4H2/b8-5+. The summed E-state index contributed by atoms with van der Waals surface area (Å²) in [5.74, 6) is 0. The Balaban J connectivity index is 2.98. The van der Waals surface area contributed by atoms with Gasteiger partial charge < -0.3 is 10.3 Å². The van der Waals surface area contributed by atoms with Crippen molar-refractivity contribution in [3.05, 3.63) is 28.4 Å². The van der Waals surface area contributed by atoms with E-state index in [9.17, 15) is 4.79 Å². The van der Waals surface area contributed by atoms with Crippen molar-refractivity contribution in [3.8, 4) is 0 Å². The fourth-order valence-corrected chi connectivity index (χ4v) is 0.851. The van der Waals surface area contributed by atoms with Crippen molar-refractivity contribution < 1.29 is 10.3 Å². The Morgan fingerprint density at radius 2 is 2.46 bits per heavy atom. The molecule has 0 saturated heterocycles. The van der Waals surface area contributed by atoms with E-state index in [1.165, 1.54) is 16.8 Å². The molecule has 0 spiro atoms. The molecule has 2 N–H and O–H groups in total. The summed E-state index contributed by atoms with van der Waals surface area (Å²) in [5, 5.41) is 19.5. The van der Waals surface area contributed by atoms with E-state index in [0.29, 0.717) is 0 Å². The molecule has 70 valence electrons. The van der Waals surface area contributed by atoms with Crippen molar-refractivity contribution in [2.75, 3.05) is 6.61 Å². The maximum absolute atomic E-state index is 11.1. The van der Waals surface area contributed by atoms with Gasteiger partial charge in [0, 0.05) is 6.20 Å². The highest BCUT2D eigenvalue weighted by Gasteiger charge is 1.96. The number of rotatable bonds is 3. The van der Waals surface area contributed by atoms with Crippen LogP contribution in [-0.4, -0.2) is 32.7 Å². The molecule has 6 nitrogen and oxygen atoms in total. The number of aliphatic hydroxyl groups is 1. The van der Waals surface area contributed by atoms with Gasteiger partial charge in [-0.3, -0.25) is 4.57 Å². The van der Waals surface area contributed by atoms with E-state index >= 15 is 0 Å². The lowest BCUT2D eigenvalue weighted by atomic mass is 10.4. The fourth-order valence-electron chi connectivity index (χ4n) is 0.851. The zero-order valence-electron chi connectivity index (χ0n) is 6.79. The van der Waals surface area contributed by atoms with Crippen LogP contribution in [0.3, 0.4) is 0 Å². The molecule has 0 bridgehead atoms. The molecule has 0 radical (unpaired) electrons. The Bertz CT molecular complexity index is 358. The average molecular weight is 183 g/mol. The summed E-state index contributed by atoms with van der Waals surface area (Å²) in [6, 6.07) is 1.51. The van der Waals surface area contributed by atoms with Gasteiger partial charge in [0.2, 0.25) is 0 Å². The Kier molecular flexibility index (Phi) is 3.15. The van der Waals surface area contributed by atoms with Crippen LogP contribution in [-0.2, 0) is 6.54 Å². The number of hydrogen-bond acceptors (Lipinski definition) is 5. The zero-order valence-corrected chi connectivity index (χ0v) is 6.79. The minimum absolute atomic E-state index is 0.116. The van der Waals surface area contributed by atoms with Gasteiger partial charge in [-0.15, -0.1) is 0 Å². The molecule has 0 unspecified atom stereocenters. The van der Waals surface area contributed by atoms with Crippen molar-refractivity contribution in [1.29, 1.82) is 0 Å². The molecule has 0 aliphatic heterocycles. The van der Waals surface area contributed by atoms with E-state index in [0.717, 1.165) is 6.21 Å². The fraction of sp³-hybridized carbons (Fsp3) is 0.286. The Morgan fingerprint density at radius 1 is 1.69 bits per heavy atom. The normalized spacial score (nSPS) is 10.8. The monoisotopic (exact) mass is 183 g/mol. The van der Waals surface area contributed by atoms with Crippen LogP contribution in [0.5, 0.6) is 0 Å². The molecule has 13 heavy (non-hydrogen) atoms. The zero-order chi connectivity index (χ0) is 9.68. The average Bonchev–Trinajstić information content (AvgIpc) is 2.10. The molecule has 1 heterocycles. The lowest BCUT2D eigenvalue weighted by Gasteiger charge is -2.00. The molecule has 0 aliphatic carbocycles. The molecule has 1 rings (SSSR count). The second-order valence-electron chi connectivity index (χ2n) is 2.30. The van der Waals surface area contributed by atoms with Gasteiger partial charge in [-0.1, -0.05) is 5.16 Å². The van der Waals surface area contributed by atoms with Gasteiger partial charge in [0.15, 0.2) is 0 Å². The van der Waals surface area contributed by atoms with Crippen LogP contribution in [0.4, 0.5) is 0 Å². The summed E-state index contributed by atoms with van der Waals surface area (Å²) in [4.78, 5) is 14.7. The summed E-state index contributed by atoms with van der Waals surface area (Å²) in [5.41, 5.74) is -0.201. The van der Waals surface area contributed by atoms with Crippen LogP contribution >= 0.6 is 0 Å². The largest absolute Gasteiger partial charge is 0.411 e. The molecule has 0 saturated carbocycles. The topological polar surface area (TPSA) is 87.7 Å².